The summed E-state index contributed by atoms with van der Waals surface area (Å²) in [5.74, 6) is 0.0547. The molecule has 3 rings (SSSR count). The minimum Gasteiger partial charge on any atom is -0.497 e. The second-order valence-corrected chi connectivity index (χ2v) is 9.24. The topological polar surface area (TPSA) is 104 Å². The van der Waals surface area contributed by atoms with Gasteiger partial charge >= 0.3 is 10.9 Å². The third kappa shape index (κ3) is 4.10. The molecule has 0 amide bonds. The van der Waals surface area contributed by atoms with Crippen molar-refractivity contribution in [1.29, 1.82) is 5.39 Å². The molecule has 2 aromatic carbocycles. The Kier molecular flexibility index (Phi) is 6.01. The average Bonchev–Trinajstić information content (AvgIpc) is 3.03. The number of aliphatic hydroxyl groups excluding tert-OH is 1. The number of hydrogen-bond donors (Lipinski definition) is 1. The van der Waals surface area contributed by atoms with Crippen molar-refractivity contribution < 1.29 is 23.0 Å². The summed E-state index contributed by atoms with van der Waals surface area (Å²) in [6.07, 6.45) is 0.474. The molecular formula is C21H24N3O5S+. The van der Waals surface area contributed by atoms with Gasteiger partial charge in [-0.25, -0.2) is 8.42 Å². The van der Waals surface area contributed by atoms with Gasteiger partial charge in [0.25, 0.3) is 9.84 Å². The largest absolute Gasteiger partial charge is 0.537 e. The van der Waals surface area contributed by atoms with Crippen molar-refractivity contribution >= 4 is 9.84 Å². The first-order valence-electron chi connectivity index (χ1n) is 9.35. The van der Waals surface area contributed by atoms with Gasteiger partial charge in [0.15, 0.2) is 4.98 Å². The van der Waals surface area contributed by atoms with E-state index in [1.54, 1.807) is 39.2 Å². The van der Waals surface area contributed by atoms with Crippen LogP contribution < -0.4 is 4.74 Å². The van der Waals surface area contributed by atoms with E-state index in [4.69, 9.17) is 9.47 Å². The van der Waals surface area contributed by atoms with Gasteiger partial charge in [-0.15, -0.1) is 0 Å². The van der Waals surface area contributed by atoms with Crippen LogP contribution in [0.15, 0.2) is 70.4 Å². The molecular weight excluding hydrogens is 406 g/mol. The first kappa shape index (κ1) is 21.6. The number of nitrogens with zero attached hydrogens (tertiary/aromatic N) is 3. The molecule has 0 bridgehead atoms. The fourth-order valence-corrected chi connectivity index (χ4v) is 4.71. The van der Waals surface area contributed by atoms with Crippen LogP contribution in [-0.2, 0) is 21.0 Å². The van der Waals surface area contributed by atoms with Gasteiger partial charge in [-0.3, -0.25) is 0 Å². The summed E-state index contributed by atoms with van der Waals surface area (Å²) in [4.78, 5) is 4.29. The van der Waals surface area contributed by atoms with E-state index in [0.717, 1.165) is 11.3 Å². The molecule has 0 aliphatic carbocycles. The lowest BCUT2D eigenvalue weighted by atomic mass is 10.0. The van der Waals surface area contributed by atoms with Crippen molar-refractivity contribution in [3.8, 4) is 5.75 Å². The normalized spacial score (nSPS) is 19.1. The lowest BCUT2D eigenvalue weighted by molar-refractivity contribution is -0.0556. The summed E-state index contributed by atoms with van der Waals surface area (Å²) in [6, 6.07) is 14.6. The first-order chi connectivity index (χ1) is 14.2. The minimum absolute atomic E-state index is 0.0889. The first-order valence-corrected chi connectivity index (χ1v) is 10.8. The van der Waals surface area contributed by atoms with Crippen molar-refractivity contribution in [2.75, 3.05) is 13.7 Å². The zero-order chi connectivity index (χ0) is 21.9. The minimum atomic E-state index is -4.24. The molecule has 1 atom stereocenters. The average molecular weight is 431 g/mol. The number of rotatable bonds is 6. The van der Waals surface area contributed by atoms with Gasteiger partial charge in [0.2, 0.25) is 5.39 Å². The molecule has 2 aromatic rings. The van der Waals surface area contributed by atoms with Gasteiger partial charge in [-0.05, 0) is 50.1 Å². The molecule has 1 fully saturated rings. The lowest BCUT2D eigenvalue weighted by Gasteiger charge is -2.33. The Morgan fingerprint density at radius 3 is 2.43 bits per heavy atom. The predicted molar refractivity (Wildman–Crippen MR) is 111 cm³/mol. The van der Waals surface area contributed by atoms with E-state index in [-0.39, 0.29) is 17.5 Å². The summed E-state index contributed by atoms with van der Waals surface area (Å²) in [6.45, 7) is 3.68. The summed E-state index contributed by atoms with van der Waals surface area (Å²) in [7, 11) is -2.66. The Labute approximate surface area is 175 Å². The van der Waals surface area contributed by atoms with Crippen LogP contribution in [0.1, 0.15) is 19.4 Å². The molecule has 1 N–H and O–H groups in total. The van der Waals surface area contributed by atoms with Gasteiger partial charge in [0, 0.05) is 0 Å². The molecule has 0 spiro atoms. The van der Waals surface area contributed by atoms with Crippen LogP contribution in [0.2, 0.25) is 0 Å². The van der Waals surface area contributed by atoms with Crippen LogP contribution in [0.5, 0.6) is 5.75 Å². The lowest BCUT2D eigenvalue weighted by Crippen LogP contribution is -2.44. The van der Waals surface area contributed by atoms with Crippen LogP contribution in [-0.4, -0.2) is 43.9 Å². The van der Waals surface area contributed by atoms with Crippen molar-refractivity contribution in [2.24, 2.45) is 0 Å². The number of diazo groups is 1. The molecule has 1 saturated heterocycles. The molecule has 9 heteroatoms. The van der Waals surface area contributed by atoms with E-state index in [2.05, 4.69) is 4.98 Å². The van der Waals surface area contributed by atoms with Crippen molar-refractivity contribution in [1.82, 2.24) is 4.90 Å². The van der Waals surface area contributed by atoms with Crippen LogP contribution in [0.3, 0.4) is 0 Å². The molecule has 8 nitrogen and oxygen atoms in total. The summed E-state index contributed by atoms with van der Waals surface area (Å²) < 4.78 is 36.9. The van der Waals surface area contributed by atoms with Gasteiger partial charge < -0.3 is 19.5 Å². The third-order valence-corrected chi connectivity index (χ3v) is 6.69. The Morgan fingerprint density at radius 2 is 1.87 bits per heavy atom. The summed E-state index contributed by atoms with van der Waals surface area (Å²) >= 11 is 0. The number of methoxy groups -OCH3 is 1. The predicted octanol–water partition coefficient (Wildman–Crippen LogP) is 3.69. The highest BCUT2D eigenvalue weighted by Crippen LogP contribution is 2.35. The monoisotopic (exact) mass is 430 g/mol. The van der Waals surface area contributed by atoms with Gasteiger partial charge in [-0.1, -0.05) is 30.3 Å². The zero-order valence-corrected chi connectivity index (χ0v) is 17.8. The molecule has 158 valence electrons. The zero-order valence-electron chi connectivity index (χ0n) is 17.0. The number of hydrogen-bond acceptors (Lipinski definition) is 7. The molecule has 0 radical (unpaired) electrons. The maximum atomic E-state index is 13.0. The molecule has 0 unspecified atom stereocenters. The van der Waals surface area contributed by atoms with E-state index in [1.165, 1.54) is 17.0 Å². The summed E-state index contributed by atoms with van der Waals surface area (Å²) in [5, 5.41) is 19.6. The molecule has 1 heterocycles. The standard InChI is InChI=1S/C21H23N3O5S/c1-21(2)24(16(14-29-21)13-15-9-11-17(28-3)12-10-15)20(25)19(23-22)30(26,27)18-7-5-4-6-8-18/h4-12,16H,13-14H2,1-3H3/p+1/b20-19-/t16-/m0/s1. The Hall–Kier alpha value is -3.09. The number of aliphatic hydroxyl groups is 1. The van der Waals surface area contributed by atoms with Crippen molar-refractivity contribution in [3.05, 3.63) is 76.0 Å². The van der Waals surface area contributed by atoms with Crippen LogP contribution in [0.4, 0.5) is 0 Å². The highest BCUT2D eigenvalue weighted by atomic mass is 32.2. The molecule has 30 heavy (non-hydrogen) atoms. The molecule has 1 aliphatic rings. The Morgan fingerprint density at radius 1 is 1.23 bits per heavy atom. The Bertz CT molecular complexity index is 1070. The van der Waals surface area contributed by atoms with Gasteiger partial charge in [0.1, 0.15) is 11.5 Å². The van der Waals surface area contributed by atoms with E-state index in [9.17, 15) is 18.9 Å². The van der Waals surface area contributed by atoms with Crippen LogP contribution in [0.25, 0.3) is 4.98 Å². The van der Waals surface area contributed by atoms with E-state index >= 15 is 0 Å². The third-order valence-electron chi connectivity index (χ3n) is 5.02. The maximum Gasteiger partial charge on any atom is 0.537 e. The number of sulfone groups is 1. The quantitative estimate of drug-likeness (QED) is 0.550. The van der Waals surface area contributed by atoms with Gasteiger partial charge in [-0.2, -0.15) is 0 Å². The van der Waals surface area contributed by atoms with E-state index in [0.29, 0.717) is 6.42 Å². The van der Waals surface area contributed by atoms with Crippen LogP contribution >= 0.6 is 0 Å². The SMILES string of the molecule is COc1ccc(C[C@H]2COC(C)(C)N2/C(O)=C(\[N+]#N)S(=O)(=O)c2ccccc2)cc1. The van der Waals surface area contributed by atoms with Gasteiger partial charge in [0.05, 0.1) is 24.7 Å². The maximum absolute atomic E-state index is 13.0. The molecule has 1 aliphatic heterocycles. The number of benzene rings is 2. The van der Waals surface area contributed by atoms with E-state index in [1.807, 2.05) is 24.3 Å². The molecule has 0 aromatic heterocycles. The Balaban J connectivity index is 2.00. The highest BCUT2D eigenvalue weighted by Gasteiger charge is 2.49. The van der Waals surface area contributed by atoms with E-state index < -0.39 is 26.5 Å². The number of ether oxygens (including phenoxy) is 2. The fraction of sp³-hybridized carbons (Fsp3) is 0.333. The second-order valence-electron chi connectivity index (χ2n) is 7.38. The second kappa shape index (κ2) is 8.34. The van der Waals surface area contributed by atoms with Crippen molar-refractivity contribution in [2.45, 2.75) is 36.9 Å². The van der Waals surface area contributed by atoms with Crippen LogP contribution in [0, 0.1) is 5.39 Å². The summed E-state index contributed by atoms with van der Waals surface area (Å²) in [5.41, 5.74) is -0.0584. The smallest absolute Gasteiger partial charge is 0.497 e. The fourth-order valence-electron chi connectivity index (χ4n) is 3.53. The van der Waals surface area contributed by atoms with Crippen molar-refractivity contribution in [3.63, 3.8) is 0 Å². The molecule has 0 saturated carbocycles. The highest BCUT2D eigenvalue weighted by molar-refractivity contribution is 7.95.